The van der Waals surface area contributed by atoms with Gasteiger partial charge in [-0.3, -0.25) is 0 Å². The fourth-order valence-electron chi connectivity index (χ4n) is 2.01. The van der Waals surface area contributed by atoms with Crippen LogP contribution >= 0.6 is 11.3 Å². The Morgan fingerprint density at radius 2 is 1.86 bits per heavy atom. The van der Waals surface area contributed by atoms with Gasteiger partial charge in [-0.2, -0.15) is 13.2 Å². The molecule has 2 aromatic rings. The van der Waals surface area contributed by atoms with Crippen molar-refractivity contribution in [3.05, 3.63) is 52.0 Å². The van der Waals surface area contributed by atoms with Gasteiger partial charge in [0.15, 0.2) is 0 Å². The average molecular weight is 317 g/mol. The fraction of sp³-hybridized carbons (Fsp3) is 0.333. The maximum atomic E-state index is 13.9. The van der Waals surface area contributed by atoms with Crippen molar-refractivity contribution in [1.82, 2.24) is 0 Å². The second-order valence-electron chi connectivity index (χ2n) is 5.07. The van der Waals surface area contributed by atoms with Crippen LogP contribution in [0, 0.1) is 11.7 Å². The summed E-state index contributed by atoms with van der Waals surface area (Å²) >= 11 is 1.53. The summed E-state index contributed by atoms with van der Waals surface area (Å²) in [7, 11) is 0. The van der Waals surface area contributed by atoms with Crippen molar-refractivity contribution in [1.29, 1.82) is 0 Å². The summed E-state index contributed by atoms with van der Waals surface area (Å²) < 4.78 is 51.5. The summed E-state index contributed by atoms with van der Waals surface area (Å²) in [4.78, 5) is 1.02. The summed E-state index contributed by atoms with van der Waals surface area (Å²) in [5, 5.41) is 4.91. The smallest absolute Gasteiger partial charge is 0.375 e. The quantitative estimate of drug-likeness (QED) is 0.712. The van der Waals surface area contributed by atoms with Gasteiger partial charge < -0.3 is 5.32 Å². The van der Waals surface area contributed by atoms with Crippen molar-refractivity contribution < 1.29 is 17.6 Å². The van der Waals surface area contributed by atoms with Gasteiger partial charge in [-0.25, -0.2) is 4.39 Å². The van der Waals surface area contributed by atoms with Gasteiger partial charge in [0, 0.05) is 4.88 Å². The summed E-state index contributed by atoms with van der Waals surface area (Å²) in [6.07, 6.45) is -4.54. The van der Waals surface area contributed by atoms with E-state index in [1.54, 1.807) is 0 Å². The molecule has 2 rings (SSSR count). The normalized spacial score (nSPS) is 13.5. The van der Waals surface area contributed by atoms with Crippen molar-refractivity contribution in [2.24, 2.45) is 5.92 Å². The molecule has 1 atom stereocenters. The van der Waals surface area contributed by atoms with Crippen LogP contribution in [0.1, 0.15) is 30.3 Å². The van der Waals surface area contributed by atoms with Gasteiger partial charge in [-0.1, -0.05) is 19.9 Å². The van der Waals surface area contributed by atoms with Crippen molar-refractivity contribution in [3.63, 3.8) is 0 Å². The van der Waals surface area contributed by atoms with Crippen molar-refractivity contribution in [3.8, 4) is 0 Å². The Morgan fingerprint density at radius 3 is 2.33 bits per heavy atom. The molecule has 0 amide bonds. The first-order chi connectivity index (χ1) is 9.79. The Kier molecular flexibility index (Phi) is 4.56. The van der Waals surface area contributed by atoms with Crippen LogP contribution in [0.25, 0.3) is 0 Å². The maximum absolute atomic E-state index is 13.9. The predicted octanol–water partition coefficient (Wildman–Crippen LogP) is 5.72. The molecule has 1 nitrogen and oxygen atoms in total. The summed E-state index contributed by atoms with van der Waals surface area (Å²) in [6, 6.07) is 6.22. The van der Waals surface area contributed by atoms with Crippen LogP contribution in [0.15, 0.2) is 35.7 Å². The highest BCUT2D eigenvalue weighted by Crippen LogP contribution is 2.34. The minimum Gasteiger partial charge on any atom is -0.375 e. The first kappa shape index (κ1) is 15.8. The number of rotatable bonds is 4. The van der Waals surface area contributed by atoms with E-state index in [1.807, 2.05) is 31.4 Å². The van der Waals surface area contributed by atoms with Gasteiger partial charge in [0.1, 0.15) is 5.82 Å². The van der Waals surface area contributed by atoms with E-state index < -0.39 is 17.6 Å². The van der Waals surface area contributed by atoms with E-state index in [4.69, 9.17) is 0 Å². The molecule has 0 fully saturated rings. The molecule has 1 aromatic heterocycles. The third kappa shape index (κ3) is 3.75. The molecule has 1 unspecified atom stereocenters. The Bertz CT molecular complexity index is 590. The Hall–Kier alpha value is -1.56. The van der Waals surface area contributed by atoms with Gasteiger partial charge in [-0.05, 0) is 35.6 Å². The van der Waals surface area contributed by atoms with Gasteiger partial charge >= 0.3 is 6.18 Å². The van der Waals surface area contributed by atoms with Crippen LogP contribution in [0.3, 0.4) is 0 Å². The molecule has 21 heavy (non-hydrogen) atoms. The molecule has 1 aromatic carbocycles. The minimum absolute atomic E-state index is 0.0788. The molecule has 0 spiro atoms. The molecular weight excluding hydrogens is 302 g/mol. The Balaban J connectivity index is 2.26. The van der Waals surface area contributed by atoms with E-state index in [9.17, 15) is 17.6 Å². The molecule has 114 valence electrons. The number of nitrogens with one attached hydrogen (secondary N) is 1. The van der Waals surface area contributed by atoms with E-state index in [-0.39, 0.29) is 17.6 Å². The Morgan fingerprint density at radius 1 is 1.14 bits per heavy atom. The monoisotopic (exact) mass is 317 g/mol. The zero-order valence-corrected chi connectivity index (χ0v) is 12.4. The number of thiophene rings is 1. The second kappa shape index (κ2) is 6.05. The van der Waals surface area contributed by atoms with E-state index in [1.165, 1.54) is 11.3 Å². The van der Waals surface area contributed by atoms with Crippen LogP contribution in [0.5, 0.6) is 0 Å². The van der Waals surface area contributed by atoms with Gasteiger partial charge in [0.05, 0.1) is 17.3 Å². The number of hydrogen-bond acceptors (Lipinski definition) is 2. The molecule has 0 saturated heterocycles. The molecular formula is C15H15F4NS. The number of halogens is 4. The molecule has 6 heteroatoms. The summed E-state index contributed by atoms with van der Waals surface area (Å²) in [6.45, 7) is 3.94. The van der Waals surface area contributed by atoms with Crippen LogP contribution in [0.2, 0.25) is 0 Å². The second-order valence-corrected chi connectivity index (χ2v) is 6.05. The molecule has 0 radical (unpaired) electrons. The lowest BCUT2D eigenvalue weighted by atomic mass is 10.0. The van der Waals surface area contributed by atoms with Gasteiger partial charge in [-0.15, -0.1) is 11.3 Å². The van der Waals surface area contributed by atoms with Crippen LogP contribution in [-0.2, 0) is 6.18 Å². The number of anilines is 1. The van der Waals surface area contributed by atoms with E-state index in [2.05, 4.69) is 5.32 Å². The first-order valence-electron chi connectivity index (χ1n) is 6.45. The maximum Gasteiger partial charge on any atom is 0.416 e. The molecule has 1 N–H and O–H groups in total. The lowest BCUT2D eigenvalue weighted by Gasteiger charge is -2.23. The molecule has 0 aliphatic carbocycles. The minimum atomic E-state index is -4.54. The van der Waals surface area contributed by atoms with E-state index in [0.717, 1.165) is 17.0 Å². The van der Waals surface area contributed by atoms with Crippen LogP contribution in [0.4, 0.5) is 23.2 Å². The number of alkyl halides is 3. The fourth-order valence-corrected chi connectivity index (χ4v) is 2.96. The zero-order chi connectivity index (χ0) is 15.6. The van der Waals surface area contributed by atoms with Gasteiger partial charge in [0.25, 0.3) is 0 Å². The summed E-state index contributed by atoms with van der Waals surface area (Å²) in [5.74, 6) is -0.725. The third-order valence-corrected chi connectivity index (χ3v) is 4.08. The lowest BCUT2D eigenvalue weighted by molar-refractivity contribution is -0.137. The topological polar surface area (TPSA) is 12.0 Å². The summed E-state index contributed by atoms with van der Waals surface area (Å²) in [5.41, 5.74) is -0.905. The molecule has 1 heterocycles. The van der Waals surface area contributed by atoms with E-state index >= 15 is 0 Å². The van der Waals surface area contributed by atoms with Crippen molar-refractivity contribution >= 4 is 17.0 Å². The SMILES string of the molecule is CC(C)C(Nc1ccc(C(F)(F)F)cc1F)c1cccs1. The zero-order valence-electron chi connectivity index (χ0n) is 11.5. The van der Waals surface area contributed by atoms with Crippen molar-refractivity contribution in [2.45, 2.75) is 26.1 Å². The molecule has 0 aliphatic rings. The predicted molar refractivity (Wildman–Crippen MR) is 76.9 cm³/mol. The molecule has 0 saturated carbocycles. The highest BCUT2D eigenvalue weighted by molar-refractivity contribution is 7.10. The third-order valence-electron chi connectivity index (χ3n) is 3.12. The molecule has 0 bridgehead atoms. The van der Waals surface area contributed by atoms with Gasteiger partial charge in [0.2, 0.25) is 0 Å². The molecule has 0 aliphatic heterocycles. The number of hydrogen-bond donors (Lipinski definition) is 1. The Labute approximate surface area is 124 Å². The largest absolute Gasteiger partial charge is 0.416 e. The average Bonchev–Trinajstić information content (AvgIpc) is 2.89. The standard InChI is InChI=1S/C15H15F4NS/c1-9(2)14(13-4-3-7-21-13)20-12-6-5-10(8-11(12)16)15(17,18)19/h3-9,14,20H,1-2H3. The van der Waals surface area contributed by atoms with Crippen LogP contribution < -0.4 is 5.32 Å². The number of benzene rings is 1. The first-order valence-corrected chi connectivity index (χ1v) is 7.33. The highest BCUT2D eigenvalue weighted by Gasteiger charge is 2.31. The van der Waals surface area contributed by atoms with Crippen LogP contribution in [-0.4, -0.2) is 0 Å². The van der Waals surface area contributed by atoms with E-state index in [0.29, 0.717) is 6.07 Å². The highest BCUT2D eigenvalue weighted by atomic mass is 32.1. The van der Waals surface area contributed by atoms with Crippen molar-refractivity contribution in [2.75, 3.05) is 5.32 Å². The lowest BCUT2D eigenvalue weighted by Crippen LogP contribution is -2.17.